The lowest BCUT2D eigenvalue weighted by atomic mass is 10.1. The summed E-state index contributed by atoms with van der Waals surface area (Å²) in [6, 6.07) is 10.5. The Hall–Kier alpha value is -3.76. The van der Waals surface area contributed by atoms with E-state index in [1.54, 1.807) is 18.2 Å². The zero-order valence-corrected chi connectivity index (χ0v) is 16.7. The Morgan fingerprint density at radius 2 is 1.65 bits per heavy atom. The highest BCUT2D eigenvalue weighted by Gasteiger charge is 2.30. The Labute approximate surface area is 176 Å². The molecule has 2 aromatic rings. The smallest absolute Gasteiger partial charge is 0.416 e. The van der Waals surface area contributed by atoms with Crippen LogP contribution in [0.5, 0.6) is 0 Å². The first-order valence-electron chi connectivity index (χ1n) is 9.06. The second kappa shape index (κ2) is 9.83. The third-order valence-corrected chi connectivity index (χ3v) is 4.28. The van der Waals surface area contributed by atoms with Crippen LogP contribution in [0, 0.1) is 5.92 Å². The molecular formula is C20H21F3N4O4. The summed E-state index contributed by atoms with van der Waals surface area (Å²) in [6.07, 6.45) is -5.64. The van der Waals surface area contributed by atoms with Gasteiger partial charge in [0.15, 0.2) is 0 Å². The fraction of sp³-hybridized carbons (Fsp3) is 0.250. The average Bonchev–Trinajstić information content (AvgIpc) is 2.71. The first kappa shape index (κ1) is 23.5. The molecule has 0 fully saturated rings. The van der Waals surface area contributed by atoms with Crippen LogP contribution < -0.4 is 16.2 Å². The van der Waals surface area contributed by atoms with Crippen molar-refractivity contribution >= 4 is 29.3 Å². The van der Waals surface area contributed by atoms with Crippen LogP contribution in [0.2, 0.25) is 0 Å². The van der Waals surface area contributed by atoms with Gasteiger partial charge < -0.3 is 15.3 Å². The van der Waals surface area contributed by atoms with Crippen LogP contribution in [-0.2, 0) is 11.0 Å². The highest BCUT2D eigenvalue weighted by Crippen LogP contribution is 2.30. The van der Waals surface area contributed by atoms with Crippen LogP contribution in [0.4, 0.5) is 29.3 Å². The summed E-state index contributed by atoms with van der Waals surface area (Å²) in [7, 11) is 1.31. The first-order chi connectivity index (χ1) is 14.5. The number of hydrogen-bond acceptors (Lipinski definition) is 4. The monoisotopic (exact) mass is 438 g/mol. The van der Waals surface area contributed by atoms with E-state index in [0.717, 1.165) is 17.0 Å². The zero-order valence-electron chi connectivity index (χ0n) is 16.7. The van der Waals surface area contributed by atoms with Gasteiger partial charge in [-0.3, -0.25) is 20.4 Å². The summed E-state index contributed by atoms with van der Waals surface area (Å²) in [6.45, 7) is 1.43. The van der Waals surface area contributed by atoms with Crippen molar-refractivity contribution in [3.63, 3.8) is 0 Å². The van der Waals surface area contributed by atoms with E-state index in [1.807, 2.05) is 0 Å². The Morgan fingerprint density at radius 1 is 1.03 bits per heavy atom. The number of carbonyl (C=O) groups is 3. The molecule has 2 aromatic carbocycles. The minimum atomic E-state index is -4.45. The number of para-hydroxylation sites is 1. The van der Waals surface area contributed by atoms with Gasteiger partial charge in [0, 0.05) is 19.3 Å². The van der Waals surface area contributed by atoms with Gasteiger partial charge in [0.1, 0.15) is 0 Å². The molecule has 0 radical (unpaired) electrons. The number of alkyl halides is 3. The zero-order chi connectivity index (χ0) is 23.2. The van der Waals surface area contributed by atoms with Gasteiger partial charge in [-0.25, -0.2) is 4.79 Å². The van der Waals surface area contributed by atoms with Crippen molar-refractivity contribution in [1.82, 2.24) is 15.8 Å². The van der Waals surface area contributed by atoms with E-state index in [9.17, 15) is 27.6 Å². The molecule has 0 aliphatic heterocycles. The van der Waals surface area contributed by atoms with Crippen molar-refractivity contribution in [3.8, 4) is 0 Å². The van der Waals surface area contributed by atoms with Crippen LogP contribution in [0.25, 0.3) is 0 Å². The molecule has 0 aliphatic carbocycles. The summed E-state index contributed by atoms with van der Waals surface area (Å²) in [4.78, 5) is 36.3. The van der Waals surface area contributed by atoms with Crippen molar-refractivity contribution in [3.05, 3.63) is 59.7 Å². The highest BCUT2D eigenvalue weighted by molar-refractivity contribution is 6.01. The molecule has 0 saturated carbocycles. The van der Waals surface area contributed by atoms with E-state index in [1.165, 1.54) is 32.2 Å². The molecule has 11 heteroatoms. The van der Waals surface area contributed by atoms with Crippen molar-refractivity contribution in [2.24, 2.45) is 5.92 Å². The Morgan fingerprint density at radius 3 is 2.23 bits per heavy atom. The molecule has 166 valence electrons. The van der Waals surface area contributed by atoms with Gasteiger partial charge >= 0.3 is 12.3 Å². The third-order valence-electron chi connectivity index (χ3n) is 4.28. The summed E-state index contributed by atoms with van der Waals surface area (Å²) < 4.78 is 38.1. The average molecular weight is 438 g/mol. The van der Waals surface area contributed by atoms with Gasteiger partial charge in [0.05, 0.1) is 22.7 Å². The second-order valence-corrected chi connectivity index (χ2v) is 6.75. The lowest BCUT2D eigenvalue weighted by molar-refractivity contribution is -0.137. The van der Waals surface area contributed by atoms with Crippen LogP contribution in [0.1, 0.15) is 22.8 Å². The molecule has 1 atom stereocenters. The fourth-order valence-corrected chi connectivity index (χ4v) is 2.57. The number of benzene rings is 2. The van der Waals surface area contributed by atoms with E-state index in [4.69, 9.17) is 5.11 Å². The molecule has 0 heterocycles. The van der Waals surface area contributed by atoms with Crippen LogP contribution in [0.15, 0.2) is 48.5 Å². The first-order valence-corrected chi connectivity index (χ1v) is 9.06. The quantitative estimate of drug-likeness (QED) is 0.517. The number of halogens is 3. The predicted octanol–water partition coefficient (Wildman–Crippen LogP) is 3.46. The highest BCUT2D eigenvalue weighted by atomic mass is 19.4. The van der Waals surface area contributed by atoms with E-state index in [0.29, 0.717) is 11.4 Å². The Balaban J connectivity index is 2.03. The summed E-state index contributed by atoms with van der Waals surface area (Å²) >= 11 is 0. The van der Waals surface area contributed by atoms with Gasteiger partial charge in [-0.15, -0.1) is 0 Å². The molecular weight excluding hydrogens is 417 g/mol. The number of amides is 3. The lowest BCUT2D eigenvalue weighted by Gasteiger charge is -2.19. The largest absolute Gasteiger partial charge is 0.465 e. The van der Waals surface area contributed by atoms with Crippen molar-refractivity contribution in [2.45, 2.75) is 13.1 Å². The maximum Gasteiger partial charge on any atom is 0.416 e. The topological polar surface area (TPSA) is 111 Å². The molecule has 0 aliphatic rings. The number of nitrogens with zero attached hydrogens (tertiary/aromatic N) is 1. The van der Waals surface area contributed by atoms with Gasteiger partial charge in [0.2, 0.25) is 5.91 Å². The van der Waals surface area contributed by atoms with Crippen LogP contribution in [-0.4, -0.2) is 41.5 Å². The summed E-state index contributed by atoms with van der Waals surface area (Å²) in [5, 5.41) is 11.7. The molecule has 1 unspecified atom stereocenters. The summed E-state index contributed by atoms with van der Waals surface area (Å²) in [5.74, 6) is -1.97. The fourth-order valence-electron chi connectivity index (χ4n) is 2.57. The molecule has 0 saturated heterocycles. The molecule has 3 amide bonds. The summed E-state index contributed by atoms with van der Waals surface area (Å²) in [5.41, 5.74) is 4.46. The molecule has 0 spiro atoms. The van der Waals surface area contributed by atoms with Gasteiger partial charge in [-0.2, -0.15) is 13.2 Å². The van der Waals surface area contributed by atoms with E-state index in [2.05, 4.69) is 16.2 Å². The molecule has 31 heavy (non-hydrogen) atoms. The number of carboxylic acid groups (broad SMARTS) is 1. The third kappa shape index (κ3) is 6.63. The molecule has 8 nitrogen and oxygen atoms in total. The van der Waals surface area contributed by atoms with Crippen molar-refractivity contribution in [2.75, 3.05) is 18.9 Å². The SMILES string of the molecule is CC(CN(C)C(=O)O)C(=O)NNC(=O)c1ccccc1Nc1ccc(C(F)(F)F)cc1. The van der Waals surface area contributed by atoms with E-state index >= 15 is 0 Å². The van der Waals surface area contributed by atoms with Crippen molar-refractivity contribution in [1.29, 1.82) is 0 Å². The number of carbonyl (C=O) groups excluding carboxylic acids is 2. The Bertz CT molecular complexity index is 948. The Kier molecular flexibility index (Phi) is 7.46. The maximum atomic E-state index is 12.7. The van der Waals surface area contributed by atoms with Crippen molar-refractivity contribution < 1.29 is 32.7 Å². The van der Waals surface area contributed by atoms with Crippen LogP contribution >= 0.6 is 0 Å². The minimum absolute atomic E-state index is 0.0664. The van der Waals surface area contributed by atoms with Gasteiger partial charge in [-0.05, 0) is 36.4 Å². The van der Waals surface area contributed by atoms with Gasteiger partial charge in [-0.1, -0.05) is 19.1 Å². The number of hydrazine groups is 1. The minimum Gasteiger partial charge on any atom is -0.465 e. The van der Waals surface area contributed by atoms with E-state index in [-0.39, 0.29) is 12.1 Å². The molecule has 0 bridgehead atoms. The van der Waals surface area contributed by atoms with Crippen LogP contribution in [0.3, 0.4) is 0 Å². The number of rotatable bonds is 6. The standard InChI is InChI=1S/C20H21F3N4O4/c1-12(11-27(2)19(30)31)17(28)25-26-18(29)15-5-3-4-6-16(15)24-14-9-7-13(8-10-14)20(21,22)23/h3-10,12,24H,11H2,1-2H3,(H,25,28)(H,26,29)(H,30,31). The normalized spacial score (nSPS) is 11.9. The molecule has 4 N–H and O–H groups in total. The predicted molar refractivity (Wildman–Crippen MR) is 107 cm³/mol. The number of nitrogens with one attached hydrogen (secondary N) is 3. The van der Waals surface area contributed by atoms with E-state index < -0.39 is 35.6 Å². The lowest BCUT2D eigenvalue weighted by Crippen LogP contribution is -2.46. The maximum absolute atomic E-state index is 12.7. The van der Waals surface area contributed by atoms with Gasteiger partial charge in [0.25, 0.3) is 5.91 Å². The molecule has 2 rings (SSSR count). The number of anilines is 2. The number of hydrogen-bond donors (Lipinski definition) is 4. The second-order valence-electron chi connectivity index (χ2n) is 6.75. The molecule has 0 aromatic heterocycles.